The topological polar surface area (TPSA) is 122 Å². The van der Waals surface area contributed by atoms with Gasteiger partial charge in [0.25, 0.3) is 6.43 Å². The predicted octanol–water partition coefficient (Wildman–Crippen LogP) is 3.63. The van der Waals surface area contributed by atoms with Crippen LogP contribution in [-0.2, 0) is 7.05 Å². The number of nitrogens with two attached hydrogens (primary N) is 2. The fourth-order valence-corrected chi connectivity index (χ4v) is 5.73. The van der Waals surface area contributed by atoms with Gasteiger partial charge in [-0.15, -0.1) is 0 Å². The number of aryl methyl sites for hydroxylation is 1. The van der Waals surface area contributed by atoms with E-state index >= 15 is 0 Å². The minimum atomic E-state index is -2.88. The number of alkyl halides is 2. The number of nitrogens with zero attached hydrogens (tertiary/aromatic N) is 3. The molecule has 1 aromatic carbocycles. The van der Waals surface area contributed by atoms with Crippen LogP contribution < -0.4 is 16.9 Å². The molecule has 2 fully saturated rings. The summed E-state index contributed by atoms with van der Waals surface area (Å²) < 4.78 is 40.4. The molecule has 2 aromatic rings. The van der Waals surface area contributed by atoms with Crippen molar-refractivity contribution in [3.8, 4) is 0 Å². The van der Waals surface area contributed by atoms with Crippen LogP contribution in [-0.4, -0.2) is 52.1 Å². The molecule has 1 aromatic heterocycles. The van der Waals surface area contributed by atoms with Crippen molar-refractivity contribution in [3.05, 3.63) is 58.1 Å². The number of allylic oxidation sites excluding steroid dienone is 1. The van der Waals surface area contributed by atoms with Crippen molar-refractivity contribution in [2.75, 3.05) is 19.4 Å². The van der Waals surface area contributed by atoms with E-state index in [4.69, 9.17) is 23.2 Å². The van der Waals surface area contributed by atoms with Crippen LogP contribution in [0.25, 0.3) is 0 Å². The summed E-state index contributed by atoms with van der Waals surface area (Å²) in [6.07, 6.45) is 1.69. The number of aliphatic hydroxyl groups is 1. The second-order valence-corrected chi connectivity index (χ2v) is 9.87. The van der Waals surface area contributed by atoms with Gasteiger partial charge in [0, 0.05) is 32.7 Å². The zero-order chi connectivity index (χ0) is 26.8. The Balaban J connectivity index is 0.000000303. The largest absolute Gasteiger partial charge is 0.396 e. The van der Waals surface area contributed by atoms with Crippen LogP contribution in [0.4, 0.5) is 18.9 Å². The lowest BCUT2D eigenvalue weighted by molar-refractivity contribution is 0.0418. The number of imidazole rings is 1. The molecule has 2 aliphatic carbocycles. The van der Waals surface area contributed by atoms with Crippen LogP contribution in [0.15, 0.2) is 35.9 Å². The first-order valence-electron chi connectivity index (χ1n) is 11.5. The fourth-order valence-electron chi connectivity index (χ4n) is 5.55. The highest BCUT2D eigenvalue weighted by molar-refractivity contribution is 6.31. The van der Waals surface area contributed by atoms with E-state index in [1.165, 1.54) is 19.2 Å². The van der Waals surface area contributed by atoms with E-state index in [9.17, 15) is 23.1 Å². The van der Waals surface area contributed by atoms with E-state index in [1.54, 1.807) is 31.1 Å². The Morgan fingerprint density at radius 3 is 2.44 bits per heavy atom. The second kappa shape index (κ2) is 11.1. The van der Waals surface area contributed by atoms with E-state index in [2.05, 4.69) is 10.3 Å². The lowest BCUT2D eigenvalue weighted by atomic mass is 9.89. The number of halogens is 4. The average molecular weight is 529 g/mol. The molecule has 6 N–H and O–H groups in total. The van der Waals surface area contributed by atoms with Crippen molar-refractivity contribution in [2.45, 2.75) is 43.6 Å². The molecule has 2 saturated carbocycles. The number of hydrogen-bond donors (Lipinski definition) is 4. The van der Waals surface area contributed by atoms with Gasteiger partial charge >= 0.3 is 0 Å². The Bertz CT molecular complexity index is 1110. The van der Waals surface area contributed by atoms with Gasteiger partial charge in [-0.1, -0.05) is 11.6 Å². The van der Waals surface area contributed by atoms with Crippen molar-refractivity contribution >= 4 is 23.6 Å². The number of nitrogens with one attached hydrogen (secondary N) is 1. The summed E-state index contributed by atoms with van der Waals surface area (Å²) in [6.45, 7) is 0. The zero-order valence-corrected chi connectivity index (χ0v) is 21.1. The number of anilines is 1. The van der Waals surface area contributed by atoms with Gasteiger partial charge in [0.2, 0.25) is 0 Å². The standard InChI is InChI=1S/C17H25F2N5O2.C7H7ClFN/c1-23-8-22-14(12(23)7-25)9-3-10-5-17(26,6-11(10)4-9)15(24(2)21)13(20)16(18)19;1-10-5-2-3-7(9)6(8)4-5/h7-11,16,26H,3-6,20-21H2,1-2H3;2-4,10H,1H3/b15-13-;. The summed E-state index contributed by atoms with van der Waals surface area (Å²) in [7, 11) is 4.93. The van der Waals surface area contributed by atoms with Crippen LogP contribution >= 0.6 is 11.6 Å². The third-order valence-electron chi connectivity index (χ3n) is 7.06. The number of aldehydes is 1. The number of carbonyl (C=O) groups excluding carboxylic acids is 1. The lowest BCUT2D eigenvalue weighted by Crippen LogP contribution is -2.44. The van der Waals surface area contributed by atoms with Gasteiger partial charge in [-0.2, -0.15) is 0 Å². The minimum Gasteiger partial charge on any atom is -0.396 e. The van der Waals surface area contributed by atoms with Crippen molar-refractivity contribution in [1.82, 2.24) is 14.6 Å². The molecule has 0 radical (unpaired) electrons. The van der Waals surface area contributed by atoms with Gasteiger partial charge in [-0.25, -0.2) is 24.0 Å². The molecule has 8 nitrogen and oxygen atoms in total. The average Bonchev–Trinajstić information content (AvgIpc) is 3.46. The maximum atomic E-state index is 13.1. The van der Waals surface area contributed by atoms with Gasteiger partial charge in [-0.05, 0) is 55.7 Å². The number of benzene rings is 1. The molecule has 2 unspecified atom stereocenters. The molecule has 36 heavy (non-hydrogen) atoms. The van der Waals surface area contributed by atoms with Crippen molar-refractivity contribution in [2.24, 2.45) is 30.5 Å². The molecule has 4 rings (SSSR count). The molecular formula is C24H32ClF3N6O2. The van der Waals surface area contributed by atoms with E-state index < -0.39 is 17.7 Å². The van der Waals surface area contributed by atoms with Crippen LogP contribution in [0.1, 0.15) is 47.8 Å². The van der Waals surface area contributed by atoms with E-state index in [1.807, 2.05) is 0 Å². The molecule has 0 aliphatic heterocycles. The Hall–Kier alpha value is -2.76. The summed E-state index contributed by atoms with van der Waals surface area (Å²) in [5, 5.41) is 15.0. The Morgan fingerprint density at radius 1 is 1.36 bits per heavy atom. The van der Waals surface area contributed by atoms with Crippen molar-refractivity contribution < 1.29 is 23.1 Å². The predicted molar refractivity (Wildman–Crippen MR) is 132 cm³/mol. The molecular weight excluding hydrogens is 497 g/mol. The zero-order valence-electron chi connectivity index (χ0n) is 20.4. The molecule has 0 saturated heterocycles. The third-order valence-corrected chi connectivity index (χ3v) is 7.35. The Labute approximate surface area is 213 Å². The normalized spacial score (nSPS) is 25.7. The number of aromatic nitrogens is 2. The summed E-state index contributed by atoms with van der Waals surface area (Å²) in [5.74, 6) is 5.73. The van der Waals surface area contributed by atoms with E-state index in [-0.39, 0.29) is 34.3 Å². The van der Waals surface area contributed by atoms with Gasteiger partial charge < -0.3 is 25.7 Å². The van der Waals surface area contributed by atoms with Crippen molar-refractivity contribution in [1.29, 1.82) is 0 Å². The number of rotatable bonds is 6. The number of hydrazine groups is 1. The number of hydrogen-bond acceptors (Lipinski definition) is 7. The van der Waals surface area contributed by atoms with Gasteiger partial charge in [-0.3, -0.25) is 4.79 Å². The van der Waals surface area contributed by atoms with Crippen LogP contribution in [0, 0.1) is 17.7 Å². The van der Waals surface area contributed by atoms with Crippen LogP contribution in [0.5, 0.6) is 0 Å². The summed E-state index contributed by atoms with van der Waals surface area (Å²) in [6, 6.07) is 4.49. The molecule has 0 amide bonds. The molecule has 1 heterocycles. The first-order chi connectivity index (χ1) is 16.9. The van der Waals surface area contributed by atoms with E-state index in [0.29, 0.717) is 18.5 Å². The second-order valence-electron chi connectivity index (χ2n) is 9.47. The monoisotopic (exact) mass is 528 g/mol. The maximum absolute atomic E-state index is 13.1. The molecule has 12 heteroatoms. The summed E-state index contributed by atoms with van der Waals surface area (Å²) >= 11 is 5.48. The van der Waals surface area contributed by atoms with Gasteiger partial charge in [0.1, 0.15) is 17.1 Å². The number of fused-ring (bicyclic) bond motifs is 1. The third kappa shape index (κ3) is 5.63. The molecule has 2 aliphatic rings. The van der Waals surface area contributed by atoms with E-state index in [0.717, 1.165) is 35.5 Å². The van der Waals surface area contributed by atoms with Crippen LogP contribution in [0.3, 0.4) is 0 Å². The Kier molecular flexibility index (Phi) is 8.58. The first kappa shape index (κ1) is 27.8. The summed E-state index contributed by atoms with van der Waals surface area (Å²) in [4.78, 5) is 15.7. The maximum Gasteiger partial charge on any atom is 0.279 e. The van der Waals surface area contributed by atoms with Crippen LogP contribution in [0.2, 0.25) is 5.02 Å². The SMILES string of the molecule is CN(N)/C(=C(\N)C(F)F)C1(O)CC2CC(c3ncn(C)c3C=O)CC2C1.CNc1ccc(F)c(Cl)c1. The molecule has 0 bridgehead atoms. The highest BCUT2D eigenvalue weighted by atomic mass is 35.5. The van der Waals surface area contributed by atoms with Gasteiger partial charge in [0.15, 0.2) is 6.29 Å². The first-order valence-corrected chi connectivity index (χ1v) is 11.9. The molecule has 0 spiro atoms. The minimum absolute atomic E-state index is 0.0927. The lowest BCUT2D eigenvalue weighted by Gasteiger charge is -2.33. The fraction of sp³-hybridized carbons (Fsp3) is 0.500. The number of likely N-dealkylation sites (N-methyl/N-ethyl adjacent to an activating group) is 1. The van der Waals surface area contributed by atoms with Gasteiger partial charge in [0.05, 0.1) is 28.4 Å². The Morgan fingerprint density at radius 2 is 1.97 bits per heavy atom. The summed E-state index contributed by atoms with van der Waals surface area (Å²) in [5.41, 5.74) is 5.46. The van der Waals surface area contributed by atoms with Crippen molar-refractivity contribution in [3.63, 3.8) is 0 Å². The highest BCUT2D eigenvalue weighted by Gasteiger charge is 2.52. The molecule has 2 atom stereocenters. The molecule has 198 valence electrons. The smallest absolute Gasteiger partial charge is 0.279 e. The number of carbonyl (C=O) groups is 1. The highest BCUT2D eigenvalue weighted by Crippen LogP contribution is 2.56. The quantitative estimate of drug-likeness (QED) is 0.256.